The van der Waals surface area contributed by atoms with Crippen molar-refractivity contribution in [1.29, 1.82) is 0 Å². The summed E-state index contributed by atoms with van der Waals surface area (Å²) >= 11 is 0. The van der Waals surface area contributed by atoms with Gasteiger partial charge in [0.25, 0.3) is 0 Å². The van der Waals surface area contributed by atoms with Crippen LogP contribution in [0.1, 0.15) is 31.2 Å². The SMILES string of the molecule is CNC1CCC(c2ccc(OC)c(F)c2)C1C. The Balaban J connectivity index is 2.21. The van der Waals surface area contributed by atoms with Gasteiger partial charge >= 0.3 is 0 Å². The molecule has 3 atom stereocenters. The van der Waals surface area contributed by atoms with E-state index in [0.717, 1.165) is 18.4 Å². The fourth-order valence-electron chi connectivity index (χ4n) is 2.96. The van der Waals surface area contributed by atoms with Gasteiger partial charge in [-0.15, -0.1) is 0 Å². The number of hydrogen-bond acceptors (Lipinski definition) is 2. The number of rotatable bonds is 3. The molecule has 94 valence electrons. The van der Waals surface area contributed by atoms with Gasteiger partial charge in [0, 0.05) is 6.04 Å². The molecule has 17 heavy (non-hydrogen) atoms. The van der Waals surface area contributed by atoms with Gasteiger partial charge in [-0.2, -0.15) is 0 Å². The molecule has 0 aliphatic heterocycles. The average molecular weight is 237 g/mol. The minimum Gasteiger partial charge on any atom is -0.494 e. The van der Waals surface area contributed by atoms with E-state index in [4.69, 9.17) is 4.74 Å². The molecule has 0 saturated heterocycles. The highest BCUT2D eigenvalue weighted by Gasteiger charge is 2.32. The van der Waals surface area contributed by atoms with Gasteiger partial charge in [-0.25, -0.2) is 4.39 Å². The van der Waals surface area contributed by atoms with E-state index in [-0.39, 0.29) is 5.82 Å². The molecule has 0 spiro atoms. The first-order chi connectivity index (χ1) is 8.17. The molecule has 1 aliphatic carbocycles. The first-order valence-electron chi connectivity index (χ1n) is 6.18. The lowest BCUT2D eigenvalue weighted by Gasteiger charge is -2.21. The lowest BCUT2D eigenvalue weighted by molar-refractivity contribution is 0.384. The molecule has 1 N–H and O–H groups in total. The van der Waals surface area contributed by atoms with E-state index in [0.29, 0.717) is 23.6 Å². The summed E-state index contributed by atoms with van der Waals surface area (Å²) in [6.07, 6.45) is 2.29. The maximum absolute atomic E-state index is 13.7. The molecule has 1 aromatic rings. The quantitative estimate of drug-likeness (QED) is 0.872. The summed E-state index contributed by atoms with van der Waals surface area (Å²) in [5.74, 6) is 1.07. The number of methoxy groups -OCH3 is 1. The molecule has 0 amide bonds. The van der Waals surface area contributed by atoms with Crippen LogP contribution in [0.5, 0.6) is 5.75 Å². The molecule has 0 bridgehead atoms. The summed E-state index contributed by atoms with van der Waals surface area (Å²) in [5.41, 5.74) is 1.09. The van der Waals surface area contributed by atoms with Crippen LogP contribution >= 0.6 is 0 Å². The Labute approximate surface area is 102 Å². The highest BCUT2D eigenvalue weighted by atomic mass is 19.1. The first kappa shape index (κ1) is 12.4. The van der Waals surface area contributed by atoms with E-state index in [2.05, 4.69) is 12.2 Å². The molecular weight excluding hydrogens is 217 g/mol. The van der Waals surface area contributed by atoms with Crippen LogP contribution in [0.2, 0.25) is 0 Å². The average Bonchev–Trinajstić information content (AvgIpc) is 2.70. The van der Waals surface area contributed by atoms with Crippen molar-refractivity contribution in [3.05, 3.63) is 29.6 Å². The molecule has 1 aromatic carbocycles. The van der Waals surface area contributed by atoms with Crippen molar-refractivity contribution in [2.45, 2.75) is 31.7 Å². The number of halogens is 1. The fourth-order valence-corrected chi connectivity index (χ4v) is 2.96. The van der Waals surface area contributed by atoms with E-state index in [1.807, 2.05) is 13.1 Å². The molecule has 2 rings (SSSR count). The van der Waals surface area contributed by atoms with Gasteiger partial charge in [0.1, 0.15) is 0 Å². The summed E-state index contributed by atoms with van der Waals surface area (Å²) < 4.78 is 18.6. The van der Waals surface area contributed by atoms with Gasteiger partial charge in [-0.1, -0.05) is 13.0 Å². The highest BCUT2D eigenvalue weighted by Crippen LogP contribution is 2.40. The molecule has 3 heteroatoms. The fraction of sp³-hybridized carbons (Fsp3) is 0.571. The summed E-state index contributed by atoms with van der Waals surface area (Å²) in [4.78, 5) is 0. The van der Waals surface area contributed by atoms with Crippen LogP contribution < -0.4 is 10.1 Å². The molecule has 0 aromatic heterocycles. The van der Waals surface area contributed by atoms with Gasteiger partial charge in [0.2, 0.25) is 0 Å². The molecule has 1 fully saturated rings. The van der Waals surface area contributed by atoms with Crippen molar-refractivity contribution in [3.63, 3.8) is 0 Å². The van der Waals surface area contributed by atoms with Gasteiger partial charge in [-0.3, -0.25) is 0 Å². The Morgan fingerprint density at radius 2 is 2.12 bits per heavy atom. The van der Waals surface area contributed by atoms with Gasteiger partial charge < -0.3 is 10.1 Å². The Hall–Kier alpha value is -1.09. The van der Waals surface area contributed by atoms with Crippen molar-refractivity contribution < 1.29 is 9.13 Å². The number of nitrogens with one attached hydrogen (secondary N) is 1. The minimum atomic E-state index is -0.259. The first-order valence-corrected chi connectivity index (χ1v) is 6.18. The molecule has 1 aliphatic rings. The predicted molar refractivity (Wildman–Crippen MR) is 66.9 cm³/mol. The Morgan fingerprint density at radius 1 is 1.35 bits per heavy atom. The zero-order valence-corrected chi connectivity index (χ0v) is 10.7. The van der Waals surface area contributed by atoms with Crippen molar-refractivity contribution in [1.82, 2.24) is 5.32 Å². The molecule has 0 radical (unpaired) electrons. The standard InChI is InChI=1S/C14H20FNO/c1-9-11(5-6-13(9)16-2)10-4-7-14(17-3)12(15)8-10/h4,7-9,11,13,16H,5-6H2,1-3H3. The number of ether oxygens (including phenoxy) is 1. The highest BCUT2D eigenvalue weighted by molar-refractivity contribution is 5.32. The van der Waals surface area contributed by atoms with Crippen LogP contribution in [-0.4, -0.2) is 20.2 Å². The van der Waals surface area contributed by atoms with Crippen molar-refractivity contribution >= 4 is 0 Å². The van der Waals surface area contributed by atoms with Crippen LogP contribution in [0.3, 0.4) is 0 Å². The summed E-state index contributed by atoms with van der Waals surface area (Å²) in [6.45, 7) is 2.24. The Kier molecular flexibility index (Phi) is 3.67. The van der Waals surface area contributed by atoms with Gasteiger partial charge in [0.05, 0.1) is 7.11 Å². The molecule has 3 unspecified atom stereocenters. The summed E-state index contributed by atoms with van der Waals surface area (Å²) in [6, 6.07) is 5.88. The van der Waals surface area contributed by atoms with Crippen LogP contribution in [0.15, 0.2) is 18.2 Å². The van der Waals surface area contributed by atoms with Crippen LogP contribution in [0.25, 0.3) is 0 Å². The third-order valence-electron chi connectivity index (χ3n) is 4.03. The van der Waals surface area contributed by atoms with Crippen LogP contribution in [0, 0.1) is 11.7 Å². The van der Waals surface area contributed by atoms with Crippen molar-refractivity contribution in [3.8, 4) is 5.75 Å². The summed E-state index contributed by atoms with van der Waals surface area (Å²) in [7, 11) is 3.49. The third-order valence-corrected chi connectivity index (χ3v) is 4.03. The second-order valence-corrected chi connectivity index (χ2v) is 4.83. The smallest absolute Gasteiger partial charge is 0.165 e. The van der Waals surface area contributed by atoms with Gasteiger partial charge in [-0.05, 0) is 49.4 Å². The van der Waals surface area contributed by atoms with E-state index in [1.54, 1.807) is 12.1 Å². The van der Waals surface area contributed by atoms with Crippen molar-refractivity contribution in [2.75, 3.05) is 14.2 Å². The molecule has 2 nitrogen and oxygen atoms in total. The Morgan fingerprint density at radius 3 is 2.65 bits per heavy atom. The lowest BCUT2D eigenvalue weighted by atomic mass is 9.89. The topological polar surface area (TPSA) is 21.3 Å². The maximum Gasteiger partial charge on any atom is 0.165 e. The normalized spacial score (nSPS) is 28.4. The third kappa shape index (κ3) is 2.29. The Bertz CT molecular complexity index is 394. The monoisotopic (exact) mass is 237 g/mol. The predicted octanol–water partition coefficient (Wildman–Crippen LogP) is 2.94. The largest absolute Gasteiger partial charge is 0.494 e. The lowest BCUT2D eigenvalue weighted by Crippen LogP contribution is -2.28. The number of benzene rings is 1. The molecular formula is C14H20FNO. The molecule has 1 saturated carbocycles. The van der Waals surface area contributed by atoms with Crippen LogP contribution in [-0.2, 0) is 0 Å². The van der Waals surface area contributed by atoms with E-state index in [1.165, 1.54) is 7.11 Å². The summed E-state index contributed by atoms with van der Waals surface area (Å²) in [5, 5.41) is 3.33. The van der Waals surface area contributed by atoms with Crippen molar-refractivity contribution in [2.24, 2.45) is 5.92 Å². The molecule has 0 heterocycles. The van der Waals surface area contributed by atoms with E-state index in [9.17, 15) is 4.39 Å². The number of hydrogen-bond donors (Lipinski definition) is 1. The maximum atomic E-state index is 13.7. The van der Waals surface area contributed by atoms with E-state index >= 15 is 0 Å². The second-order valence-electron chi connectivity index (χ2n) is 4.83. The van der Waals surface area contributed by atoms with Crippen LogP contribution in [0.4, 0.5) is 4.39 Å². The van der Waals surface area contributed by atoms with Gasteiger partial charge in [0.15, 0.2) is 11.6 Å². The zero-order valence-electron chi connectivity index (χ0n) is 10.7. The zero-order chi connectivity index (χ0) is 12.4. The second kappa shape index (κ2) is 5.05. The minimum absolute atomic E-state index is 0.259. The van der Waals surface area contributed by atoms with E-state index < -0.39 is 0 Å².